The van der Waals surface area contributed by atoms with E-state index in [-0.39, 0.29) is 24.7 Å². The summed E-state index contributed by atoms with van der Waals surface area (Å²) in [4.78, 5) is 22.0. The molecule has 1 unspecified atom stereocenters. The zero-order chi connectivity index (χ0) is 15.1. The van der Waals surface area contributed by atoms with Crippen LogP contribution in [-0.2, 0) is 16.1 Å². The number of hydrogen-bond acceptors (Lipinski definition) is 6. The molecule has 0 aromatic heterocycles. The molecule has 110 valence electrons. The molecule has 0 aliphatic rings. The monoisotopic (exact) mass is 283 g/mol. The van der Waals surface area contributed by atoms with Crippen molar-refractivity contribution in [3.8, 4) is 5.75 Å². The van der Waals surface area contributed by atoms with E-state index in [4.69, 9.17) is 14.6 Å². The quantitative estimate of drug-likeness (QED) is 0.465. The summed E-state index contributed by atoms with van der Waals surface area (Å²) in [5, 5.41) is 20.0. The highest BCUT2D eigenvalue weighted by molar-refractivity contribution is 5.75. The molecular weight excluding hydrogens is 266 g/mol. The standard InChI is InChI=1S/C13H17NO6/c1-3-11(13(16)19-4-2)20-12-7-9(8-15)5-6-10(12)14(17)18/h5-7,11,15H,3-4,8H2,1-2H3. The Labute approximate surface area is 116 Å². The van der Waals surface area contributed by atoms with Crippen LogP contribution in [0.25, 0.3) is 0 Å². The van der Waals surface area contributed by atoms with E-state index in [1.807, 2.05) is 0 Å². The van der Waals surface area contributed by atoms with Crippen LogP contribution < -0.4 is 4.74 Å². The number of esters is 1. The third kappa shape index (κ3) is 3.92. The lowest BCUT2D eigenvalue weighted by atomic mass is 10.2. The Morgan fingerprint density at radius 3 is 2.65 bits per heavy atom. The molecule has 1 N–H and O–H groups in total. The van der Waals surface area contributed by atoms with Crippen LogP contribution in [0.5, 0.6) is 5.75 Å². The van der Waals surface area contributed by atoms with Crippen molar-refractivity contribution in [2.24, 2.45) is 0 Å². The van der Waals surface area contributed by atoms with Gasteiger partial charge in [0.15, 0.2) is 11.9 Å². The Morgan fingerprint density at radius 1 is 1.45 bits per heavy atom. The number of nitrogens with zero attached hydrogens (tertiary/aromatic N) is 1. The van der Waals surface area contributed by atoms with Gasteiger partial charge in [0.2, 0.25) is 0 Å². The minimum absolute atomic E-state index is 0.0542. The summed E-state index contributed by atoms with van der Waals surface area (Å²) in [5.41, 5.74) is 0.203. The van der Waals surface area contributed by atoms with Crippen LogP contribution in [0, 0.1) is 10.1 Å². The van der Waals surface area contributed by atoms with E-state index < -0.39 is 17.0 Å². The van der Waals surface area contributed by atoms with E-state index in [0.717, 1.165) is 0 Å². The third-order valence-corrected chi connectivity index (χ3v) is 2.59. The van der Waals surface area contributed by atoms with Gasteiger partial charge in [-0.2, -0.15) is 0 Å². The number of rotatable bonds is 7. The second-order valence-corrected chi connectivity index (χ2v) is 3.98. The maximum atomic E-state index is 11.6. The molecule has 0 amide bonds. The zero-order valence-corrected chi connectivity index (χ0v) is 11.4. The normalized spacial score (nSPS) is 11.8. The number of hydrogen-bond donors (Lipinski definition) is 1. The Balaban J connectivity index is 3.03. The van der Waals surface area contributed by atoms with Gasteiger partial charge in [0, 0.05) is 6.07 Å². The molecule has 7 heteroatoms. The Hall–Kier alpha value is -2.15. The molecule has 7 nitrogen and oxygen atoms in total. The average molecular weight is 283 g/mol. The first kappa shape index (κ1) is 15.9. The van der Waals surface area contributed by atoms with E-state index in [9.17, 15) is 14.9 Å². The molecular formula is C13H17NO6. The van der Waals surface area contributed by atoms with Crippen LogP contribution in [0.4, 0.5) is 5.69 Å². The van der Waals surface area contributed by atoms with Crippen LogP contribution in [0.2, 0.25) is 0 Å². The van der Waals surface area contributed by atoms with Crippen LogP contribution >= 0.6 is 0 Å². The van der Waals surface area contributed by atoms with E-state index in [2.05, 4.69) is 0 Å². The van der Waals surface area contributed by atoms with Gasteiger partial charge in [0.25, 0.3) is 0 Å². The van der Waals surface area contributed by atoms with Gasteiger partial charge in [-0.3, -0.25) is 10.1 Å². The van der Waals surface area contributed by atoms with Crippen molar-refractivity contribution in [1.29, 1.82) is 0 Å². The molecule has 0 spiro atoms. The van der Waals surface area contributed by atoms with Crippen LogP contribution in [0.1, 0.15) is 25.8 Å². The molecule has 0 fully saturated rings. The number of ether oxygens (including phenoxy) is 2. The predicted octanol–water partition coefficient (Wildman–Crippen LogP) is 1.81. The maximum Gasteiger partial charge on any atom is 0.347 e. The van der Waals surface area contributed by atoms with Crippen molar-refractivity contribution in [2.75, 3.05) is 6.61 Å². The van der Waals surface area contributed by atoms with Gasteiger partial charge in [-0.1, -0.05) is 6.92 Å². The summed E-state index contributed by atoms with van der Waals surface area (Å²) < 4.78 is 10.2. The average Bonchev–Trinajstić information content (AvgIpc) is 2.44. The van der Waals surface area contributed by atoms with E-state index in [1.54, 1.807) is 13.8 Å². The molecule has 0 bridgehead atoms. The number of benzene rings is 1. The Bertz CT molecular complexity index is 488. The van der Waals surface area contributed by atoms with Crippen LogP contribution in [0.3, 0.4) is 0 Å². The highest BCUT2D eigenvalue weighted by atomic mass is 16.6. The van der Waals surface area contributed by atoms with Crippen molar-refractivity contribution in [2.45, 2.75) is 33.0 Å². The molecule has 1 aromatic carbocycles. The van der Waals surface area contributed by atoms with Crippen molar-refractivity contribution in [3.63, 3.8) is 0 Å². The summed E-state index contributed by atoms with van der Waals surface area (Å²) in [5.74, 6) is -0.625. The third-order valence-electron chi connectivity index (χ3n) is 2.59. The highest BCUT2D eigenvalue weighted by Gasteiger charge is 2.24. The van der Waals surface area contributed by atoms with Gasteiger partial charge < -0.3 is 14.6 Å². The number of nitro benzene ring substituents is 1. The largest absolute Gasteiger partial charge is 0.472 e. The summed E-state index contributed by atoms with van der Waals surface area (Å²) >= 11 is 0. The van der Waals surface area contributed by atoms with E-state index in [1.165, 1.54) is 18.2 Å². The molecule has 20 heavy (non-hydrogen) atoms. The number of carbonyl (C=O) groups is 1. The van der Waals surface area contributed by atoms with Crippen molar-refractivity contribution < 1.29 is 24.3 Å². The summed E-state index contributed by atoms with van der Waals surface area (Å²) in [7, 11) is 0. The number of aliphatic hydroxyl groups excluding tert-OH is 1. The first-order valence-corrected chi connectivity index (χ1v) is 6.24. The van der Waals surface area contributed by atoms with Crippen molar-refractivity contribution in [3.05, 3.63) is 33.9 Å². The lowest BCUT2D eigenvalue weighted by Gasteiger charge is -2.16. The second kappa shape index (κ2) is 7.44. The van der Waals surface area contributed by atoms with Gasteiger partial charge in [-0.15, -0.1) is 0 Å². The molecule has 1 atom stereocenters. The molecule has 0 saturated heterocycles. The molecule has 0 heterocycles. The first-order valence-electron chi connectivity index (χ1n) is 6.24. The highest BCUT2D eigenvalue weighted by Crippen LogP contribution is 2.29. The summed E-state index contributed by atoms with van der Waals surface area (Å²) in [6.07, 6.45) is -0.595. The fourth-order valence-electron chi connectivity index (χ4n) is 1.59. The van der Waals surface area contributed by atoms with E-state index >= 15 is 0 Å². The smallest absolute Gasteiger partial charge is 0.347 e. The molecule has 1 rings (SSSR count). The minimum Gasteiger partial charge on any atom is -0.472 e. The lowest BCUT2D eigenvalue weighted by Crippen LogP contribution is -2.29. The molecule has 1 aromatic rings. The van der Waals surface area contributed by atoms with Gasteiger partial charge in [0.05, 0.1) is 18.1 Å². The number of carbonyl (C=O) groups excluding carboxylic acids is 1. The van der Waals surface area contributed by atoms with Crippen molar-refractivity contribution in [1.82, 2.24) is 0 Å². The van der Waals surface area contributed by atoms with Crippen LogP contribution in [-0.4, -0.2) is 28.7 Å². The minimum atomic E-state index is -0.914. The fourth-order valence-corrected chi connectivity index (χ4v) is 1.59. The van der Waals surface area contributed by atoms with E-state index in [0.29, 0.717) is 12.0 Å². The lowest BCUT2D eigenvalue weighted by molar-refractivity contribution is -0.386. The molecule has 0 saturated carbocycles. The Kier molecular flexibility index (Phi) is 5.92. The second-order valence-electron chi connectivity index (χ2n) is 3.98. The molecule has 0 aliphatic carbocycles. The van der Waals surface area contributed by atoms with Gasteiger partial charge in [-0.25, -0.2) is 4.79 Å². The number of aliphatic hydroxyl groups is 1. The molecule has 0 radical (unpaired) electrons. The number of nitro groups is 1. The Morgan fingerprint density at radius 2 is 2.15 bits per heavy atom. The SMILES string of the molecule is CCOC(=O)C(CC)Oc1cc(CO)ccc1[N+](=O)[O-]. The fraction of sp³-hybridized carbons (Fsp3) is 0.462. The first-order chi connectivity index (χ1) is 9.53. The van der Waals surface area contributed by atoms with Crippen molar-refractivity contribution >= 4 is 11.7 Å². The molecule has 0 aliphatic heterocycles. The summed E-state index contributed by atoms with van der Waals surface area (Å²) in [6.45, 7) is 3.31. The van der Waals surface area contributed by atoms with Gasteiger partial charge in [0.1, 0.15) is 0 Å². The topological polar surface area (TPSA) is 98.9 Å². The maximum absolute atomic E-state index is 11.6. The predicted molar refractivity (Wildman–Crippen MR) is 70.4 cm³/mol. The van der Waals surface area contributed by atoms with Gasteiger partial charge in [-0.05, 0) is 31.0 Å². The summed E-state index contributed by atoms with van der Waals surface area (Å²) in [6, 6.07) is 4.01. The zero-order valence-electron chi connectivity index (χ0n) is 11.4. The van der Waals surface area contributed by atoms with Crippen LogP contribution in [0.15, 0.2) is 18.2 Å². The van der Waals surface area contributed by atoms with Gasteiger partial charge >= 0.3 is 11.7 Å².